The van der Waals surface area contributed by atoms with E-state index in [2.05, 4.69) is 16.0 Å². The summed E-state index contributed by atoms with van der Waals surface area (Å²) in [6, 6.07) is 4.77. The number of rotatable bonds is 3. The van der Waals surface area contributed by atoms with Gasteiger partial charge in [0, 0.05) is 31.0 Å². The third-order valence-corrected chi connectivity index (χ3v) is 4.78. The van der Waals surface area contributed by atoms with Crippen molar-refractivity contribution >= 4 is 35.2 Å². The molecule has 1 aromatic rings. The van der Waals surface area contributed by atoms with Gasteiger partial charge in [-0.3, -0.25) is 9.59 Å². The Labute approximate surface area is 156 Å². The number of hydrogen-bond acceptors (Lipinski definition) is 5. The van der Waals surface area contributed by atoms with Gasteiger partial charge in [0.15, 0.2) is 0 Å². The maximum absolute atomic E-state index is 12.4. The van der Waals surface area contributed by atoms with Gasteiger partial charge < -0.3 is 25.6 Å². The number of piperidine rings is 1. The molecule has 2 heterocycles. The minimum atomic E-state index is -0.604. The standard InChI is InChI=1S/C17H21ClN4O4/c1-2-26-14(23)10-19-16(25)22-7-5-17(6-8-22)20-13-9-11(18)3-4-12(13)15(24)21-17/h3-4,9,20H,2,5-8,10H2,1H3,(H,19,25)(H,21,24). The number of carbonyl (C=O) groups excluding carboxylic acids is 3. The second-order valence-corrected chi connectivity index (χ2v) is 6.74. The predicted octanol–water partition coefficient (Wildman–Crippen LogP) is 1.56. The molecule has 140 valence electrons. The summed E-state index contributed by atoms with van der Waals surface area (Å²) in [6.45, 7) is 2.71. The number of urea groups is 1. The quantitative estimate of drug-likeness (QED) is 0.691. The summed E-state index contributed by atoms with van der Waals surface area (Å²) in [5, 5.41) is 9.47. The molecule has 2 aliphatic heterocycles. The Morgan fingerprint density at radius 2 is 2.04 bits per heavy atom. The fraction of sp³-hybridized carbons (Fsp3) is 0.471. The van der Waals surface area contributed by atoms with E-state index in [9.17, 15) is 14.4 Å². The molecule has 0 radical (unpaired) electrons. The molecule has 1 spiro atoms. The van der Waals surface area contributed by atoms with E-state index in [0.29, 0.717) is 42.2 Å². The number of anilines is 1. The number of halogens is 1. The van der Waals surface area contributed by atoms with Crippen molar-refractivity contribution in [3.05, 3.63) is 28.8 Å². The van der Waals surface area contributed by atoms with Crippen molar-refractivity contribution in [3.63, 3.8) is 0 Å². The first-order chi connectivity index (χ1) is 12.4. The third kappa shape index (κ3) is 3.85. The molecular weight excluding hydrogens is 360 g/mol. The first kappa shape index (κ1) is 18.3. The fourth-order valence-corrected chi connectivity index (χ4v) is 3.38. The van der Waals surface area contributed by atoms with Gasteiger partial charge in [-0.1, -0.05) is 11.6 Å². The topological polar surface area (TPSA) is 99.8 Å². The molecular formula is C17H21ClN4O4. The second-order valence-electron chi connectivity index (χ2n) is 6.30. The van der Waals surface area contributed by atoms with Crippen LogP contribution in [0.4, 0.5) is 10.5 Å². The molecule has 26 heavy (non-hydrogen) atoms. The molecule has 0 atom stereocenters. The van der Waals surface area contributed by atoms with Gasteiger partial charge in [0.25, 0.3) is 5.91 Å². The van der Waals surface area contributed by atoms with Crippen LogP contribution >= 0.6 is 11.6 Å². The van der Waals surface area contributed by atoms with Crippen LogP contribution in [-0.4, -0.2) is 54.7 Å². The van der Waals surface area contributed by atoms with Crippen molar-refractivity contribution in [1.29, 1.82) is 0 Å². The normalized spacial score (nSPS) is 17.8. The van der Waals surface area contributed by atoms with Gasteiger partial charge in [-0.2, -0.15) is 0 Å². The Balaban J connectivity index is 1.59. The monoisotopic (exact) mass is 380 g/mol. The molecule has 1 fully saturated rings. The van der Waals surface area contributed by atoms with Crippen molar-refractivity contribution in [2.45, 2.75) is 25.4 Å². The van der Waals surface area contributed by atoms with E-state index in [1.54, 1.807) is 30.0 Å². The zero-order chi connectivity index (χ0) is 18.7. The molecule has 9 heteroatoms. The number of amides is 3. The molecule has 3 rings (SSSR count). The molecule has 0 aliphatic carbocycles. The van der Waals surface area contributed by atoms with Crippen LogP contribution in [-0.2, 0) is 9.53 Å². The fourth-order valence-electron chi connectivity index (χ4n) is 3.20. The highest BCUT2D eigenvalue weighted by molar-refractivity contribution is 6.31. The Kier molecular flexibility index (Phi) is 5.22. The minimum absolute atomic E-state index is 0.157. The van der Waals surface area contributed by atoms with Crippen molar-refractivity contribution in [3.8, 4) is 0 Å². The van der Waals surface area contributed by atoms with Crippen LogP contribution in [0.3, 0.4) is 0 Å². The van der Waals surface area contributed by atoms with E-state index in [4.69, 9.17) is 16.3 Å². The molecule has 0 saturated carbocycles. The summed E-state index contributed by atoms with van der Waals surface area (Å²) in [6.07, 6.45) is 1.08. The number of ether oxygens (including phenoxy) is 1. The number of nitrogens with zero attached hydrogens (tertiary/aromatic N) is 1. The third-order valence-electron chi connectivity index (χ3n) is 4.55. The highest BCUT2D eigenvalue weighted by atomic mass is 35.5. The Hall–Kier alpha value is -2.48. The average molecular weight is 381 g/mol. The molecule has 2 aliphatic rings. The van der Waals surface area contributed by atoms with Gasteiger partial charge in [0.2, 0.25) is 0 Å². The van der Waals surface area contributed by atoms with Gasteiger partial charge in [0.05, 0.1) is 17.9 Å². The van der Waals surface area contributed by atoms with Gasteiger partial charge in [0.1, 0.15) is 12.2 Å². The van der Waals surface area contributed by atoms with Crippen molar-refractivity contribution in [1.82, 2.24) is 15.5 Å². The molecule has 3 N–H and O–H groups in total. The lowest BCUT2D eigenvalue weighted by Gasteiger charge is -2.45. The largest absolute Gasteiger partial charge is 0.465 e. The van der Waals surface area contributed by atoms with Gasteiger partial charge >= 0.3 is 12.0 Å². The number of nitrogens with one attached hydrogen (secondary N) is 3. The molecule has 3 amide bonds. The van der Waals surface area contributed by atoms with Gasteiger partial charge in [-0.05, 0) is 25.1 Å². The van der Waals surface area contributed by atoms with Crippen LogP contribution in [0.1, 0.15) is 30.1 Å². The van der Waals surface area contributed by atoms with Gasteiger partial charge in [-0.15, -0.1) is 0 Å². The van der Waals surface area contributed by atoms with E-state index in [1.807, 2.05) is 0 Å². The number of likely N-dealkylation sites (tertiary alicyclic amines) is 1. The first-order valence-electron chi connectivity index (χ1n) is 8.51. The molecule has 8 nitrogen and oxygen atoms in total. The number of fused-ring (bicyclic) bond motifs is 1. The predicted molar refractivity (Wildman–Crippen MR) is 96.1 cm³/mol. The average Bonchev–Trinajstić information content (AvgIpc) is 2.60. The van der Waals surface area contributed by atoms with E-state index < -0.39 is 11.6 Å². The summed E-state index contributed by atoms with van der Waals surface area (Å²) in [5.41, 5.74) is 0.642. The van der Waals surface area contributed by atoms with Crippen LogP contribution in [0.25, 0.3) is 0 Å². The minimum Gasteiger partial charge on any atom is -0.465 e. The lowest BCUT2D eigenvalue weighted by atomic mass is 9.92. The Morgan fingerprint density at radius 1 is 1.31 bits per heavy atom. The van der Waals surface area contributed by atoms with Gasteiger partial charge in [-0.25, -0.2) is 4.79 Å². The summed E-state index contributed by atoms with van der Waals surface area (Å²) >= 11 is 6.03. The van der Waals surface area contributed by atoms with Crippen LogP contribution in [0.2, 0.25) is 5.02 Å². The maximum Gasteiger partial charge on any atom is 0.325 e. The Morgan fingerprint density at radius 3 is 2.73 bits per heavy atom. The molecule has 0 bridgehead atoms. The van der Waals surface area contributed by atoms with Crippen molar-refractivity contribution in [2.75, 3.05) is 31.6 Å². The number of benzene rings is 1. The summed E-state index contributed by atoms with van der Waals surface area (Å²) in [4.78, 5) is 37.5. The summed E-state index contributed by atoms with van der Waals surface area (Å²) < 4.78 is 4.78. The van der Waals surface area contributed by atoms with E-state index in [-0.39, 0.29) is 25.1 Å². The lowest BCUT2D eigenvalue weighted by molar-refractivity contribution is -0.141. The van der Waals surface area contributed by atoms with Crippen LogP contribution < -0.4 is 16.0 Å². The second kappa shape index (κ2) is 7.41. The van der Waals surface area contributed by atoms with Crippen molar-refractivity contribution in [2.24, 2.45) is 0 Å². The summed E-state index contributed by atoms with van der Waals surface area (Å²) in [5.74, 6) is -0.625. The highest BCUT2D eigenvalue weighted by Gasteiger charge is 2.41. The molecule has 0 aromatic heterocycles. The van der Waals surface area contributed by atoms with Crippen LogP contribution in [0.5, 0.6) is 0 Å². The molecule has 1 aromatic carbocycles. The summed E-state index contributed by atoms with van der Waals surface area (Å²) in [7, 11) is 0. The van der Waals surface area contributed by atoms with E-state index in [0.717, 1.165) is 0 Å². The number of hydrogen-bond donors (Lipinski definition) is 3. The van der Waals surface area contributed by atoms with E-state index in [1.165, 1.54) is 0 Å². The van der Waals surface area contributed by atoms with Crippen LogP contribution in [0, 0.1) is 0 Å². The number of esters is 1. The molecule has 0 unspecified atom stereocenters. The highest BCUT2D eigenvalue weighted by Crippen LogP contribution is 2.32. The van der Waals surface area contributed by atoms with Crippen LogP contribution in [0.15, 0.2) is 18.2 Å². The molecule has 1 saturated heterocycles. The van der Waals surface area contributed by atoms with Crippen molar-refractivity contribution < 1.29 is 19.1 Å². The van der Waals surface area contributed by atoms with E-state index >= 15 is 0 Å². The lowest BCUT2D eigenvalue weighted by Crippen LogP contribution is -2.63. The SMILES string of the molecule is CCOC(=O)CNC(=O)N1CCC2(CC1)NC(=O)c1ccc(Cl)cc1N2. The first-order valence-corrected chi connectivity index (χ1v) is 8.89. The Bertz CT molecular complexity index is 731. The zero-order valence-electron chi connectivity index (χ0n) is 14.4. The smallest absolute Gasteiger partial charge is 0.325 e. The number of carbonyl (C=O) groups is 3. The maximum atomic E-state index is 12.4. The zero-order valence-corrected chi connectivity index (χ0v) is 15.2.